The Balaban J connectivity index is 3.55. The molecule has 0 bridgehead atoms. The van der Waals surface area contributed by atoms with Crippen LogP contribution in [0.2, 0.25) is 0 Å². The highest BCUT2D eigenvalue weighted by Gasteiger charge is 1.91. The summed E-state index contributed by atoms with van der Waals surface area (Å²) < 4.78 is 0. The van der Waals surface area contributed by atoms with Crippen molar-refractivity contribution >= 4 is 19.0 Å². The number of H-pyrrole nitrogens is 1. The largest absolute Gasteiger partial charge is 0.310 e. The summed E-state index contributed by atoms with van der Waals surface area (Å²) in [5.74, 6) is 0.565. The molecule has 0 unspecified atom stereocenters. The molecule has 68 valence electrons. The number of rotatable bonds is 1. The van der Waals surface area contributed by atoms with Crippen molar-refractivity contribution in [2.45, 2.75) is 13.8 Å². The van der Waals surface area contributed by atoms with Crippen LogP contribution >= 0.6 is 0 Å². The Morgan fingerprint density at radius 1 is 1.62 bits per heavy atom. The number of nitrogens with one attached hydrogen (secondary N) is 1. The lowest BCUT2D eigenvalue weighted by atomic mass is 10.4. The lowest BCUT2D eigenvalue weighted by Crippen LogP contribution is -2.42. The highest BCUT2D eigenvalue weighted by atomic mass is 16.1. The molecule has 0 spiro atoms. The molecule has 1 N–H and O–H groups in total. The Bertz CT molecular complexity index is 485. The third-order valence-corrected chi connectivity index (χ3v) is 1.51. The smallest absolute Gasteiger partial charge is 0.258 e. The highest BCUT2D eigenvalue weighted by molar-refractivity contribution is 5.57. The zero-order valence-electron chi connectivity index (χ0n) is 7.66. The van der Waals surface area contributed by atoms with Gasteiger partial charge in [-0.05, 0) is 13.8 Å². The number of hydrogen-bond acceptors (Lipinski definition) is 3. The first kappa shape index (κ1) is 9.38. The Morgan fingerprint density at radius 2 is 2.31 bits per heavy atom. The molecule has 0 aliphatic heterocycles. The van der Waals surface area contributed by atoms with Gasteiger partial charge in [0.15, 0.2) is 0 Å². The van der Waals surface area contributed by atoms with E-state index in [2.05, 4.69) is 21.5 Å². The van der Waals surface area contributed by atoms with Crippen molar-refractivity contribution in [1.29, 1.82) is 0 Å². The average molecular weight is 177 g/mol. The van der Waals surface area contributed by atoms with E-state index in [1.54, 1.807) is 20.1 Å². The van der Waals surface area contributed by atoms with Crippen LogP contribution in [0.3, 0.4) is 0 Å². The van der Waals surface area contributed by atoms with Gasteiger partial charge in [0.1, 0.15) is 5.82 Å². The van der Waals surface area contributed by atoms with Gasteiger partial charge < -0.3 is 4.98 Å². The van der Waals surface area contributed by atoms with Gasteiger partial charge in [-0.1, -0.05) is 6.58 Å². The molecule has 4 nitrogen and oxygen atoms in total. The summed E-state index contributed by atoms with van der Waals surface area (Å²) in [5.41, 5.74) is -0.218. The molecule has 1 aromatic heterocycles. The number of aromatic nitrogens is 2. The van der Waals surface area contributed by atoms with Gasteiger partial charge in [0, 0.05) is 6.21 Å². The quantitative estimate of drug-likeness (QED) is 0.578. The van der Waals surface area contributed by atoms with Gasteiger partial charge in [0.25, 0.3) is 5.56 Å². The number of hydrogen-bond donors (Lipinski definition) is 1. The van der Waals surface area contributed by atoms with Crippen LogP contribution < -0.4 is 16.1 Å². The molecule has 1 heterocycles. The van der Waals surface area contributed by atoms with Gasteiger partial charge in [-0.3, -0.25) is 9.79 Å². The van der Waals surface area contributed by atoms with Crippen LogP contribution in [0.1, 0.15) is 12.7 Å². The monoisotopic (exact) mass is 177 g/mol. The van der Waals surface area contributed by atoms with Crippen molar-refractivity contribution < 1.29 is 0 Å². The van der Waals surface area contributed by atoms with Gasteiger partial charge in [-0.15, -0.1) is 0 Å². The first-order valence-corrected chi connectivity index (χ1v) is 3.89. The first-order valence-electron chi connectivity index (χ1n) is 3.89. The number of aliphatic imine (C=N–C) groups is 1. The second kappa shape index (κ2) is 3.80. The second-order valence-corrected chi connectivity index (χ2v) is 2.55. The molecule has 0 saturated heterocycles. The maximum Gasteiger partial charge on any atom is 0.258 e. The lowest BCUT2D eigenvalue weighted by Gasteiger charge is -1.90. The van der Waals surface area contributed by atoms with Gasteiger partial charge in [0.05, 0.1) is 16.8 Å². The topological polar surface area (TPSA) is 58.1 Å². The van der Waals surface area contributed by atoms with E-state index in [9.17, 15) is 4.79 Å². The van der Waals surface area contributed by atoms with E-state index in [1.807, 2.05) is 0 Å². The zero-order valence-corrected chi connectivity index (χ0v) is 7.66. The third kappa shape index (κ3) is 2.11. The maximum atomic E-state index is 11.2. The number of aromatic amines is 1. The minimum absolute atomic E-state index is 0.218. The summed E-state index contributed by atoms with van der Waals surface area (Å²) in [7, 11) is 0. The number of nitrogens with zero attached hydrogens (tertiary/aromatic N) is 2. The molecular formula is C9H11N3O. The summed E-state index contributed by atoms with van der Waals surface area (Å²) in [4.78, 5) is 21.7. The van der Waals surface area contributed by atoms with E-state index in [4.69, 9.17) is 0 Å². The molecule has 1 rings (SSSR count). The molecule has 0 saturated carbocycles. The summed E-state index contributed by atoms with van der Waals surface area (Å²) in [6.45, 7) is 7.11. The number of aryl methyl sites for hydroxylation is 1. The Kier molecular flexibility index (Phi) is 2.74. The molecule has 4 heteroatoms. The summed E-state index contributed by atoms with van der Waals surface area (Å²) >= 11 is 0. The molecule has 0 fully saturated rings. The normalized spacial score (nSPS) is 12.6. The molecule has 0 aliphatic carbocycles. The highest BCUT2D eigenvalue weighted by Crippen LogP contribution is 1.69. The van der Waals surface area contributed by atoms with Crippen molar-refractivity contribution in [3.63, 3.8) is 0 Å². The fourth-order valence-electron chi connectivity index (χ4n) is 0.884. The summed E-state index contributed by atoms with van der Waals surface area (Å²) in [6.07, 6.45) is 3.14. The van der Waals surface area contributed by atoms with E-state index < -0.39 is 0 Å². The lowest BCUT2D eigenvalue weighted by molar-refractivity contribution is 0.972. The van der Waals surface area contributed by atoms with Crippen LogP contribution in [0, 0.1) is 6.92 Å². The molecule has 0 aromatic carbocycles. The molecular weight excluding hydrogens is 166 g/mol. The van der Waals surface area contributed by atoms with Crippen LogP contribution in [0.5, 0.6) is 0 Å². The standard InChI is InChI=1S/C9H11N3O/c1-4-10-5-8-6(2)9(13)12-7(3)11-8/h4-5H,2H2,1,3H3,(H,11,12,13)/b8-5+,10-4?. The van der Waals surface area contributed by atoms with E-state index >= 15 is 0 Å². The van der Waals surface area contributed by atoms with Gasteiger partial charge >= 0.3 is 0 Å². The average Bonchev–Trinajstić information content (AvgIpc) is 2.09. The van der Waals surface area contributed by atoms with E-state index in [0.29, 0.717) is 16.4 Å². The molecule has 0 atom stereocenters. The van der Waals surface area contributed by atoms with Crippen LogP contribution in [-0.2, 0) is 0 Å². The fourth-order valence-corrected chi connectivity index (χ4v) is 0.884. The maximum absolute atomic E-state index is 11.2. The predicted molar refractivity (Wildman–Crippen MR) is 53.0 cm³/mol. The van der Waals surface area contributed by atoms with Crippen molar-refractivity contribution in [2.75, 3.05) is 0 Å². The second-order valence-electron chi connectivity index (χ2n) is 2.55. The van der Waals surface area contributed by atoms with Crippen LogP contribution in [0.4, 0.5) is 0 Å². The summed E-state index contributed by atoms with van der Waals surface area (Å²) in [6, 6.07) is 0. The van der Waals surface area contributed by atoms with Crippen molar-refractivity contribution in [2.24, 2.45) is 4.99 Å². The van der Waals surface area contributed by atoms with Gasteiger partial charge in [-0.25, -0.2) is 4.98 Å². The zero-order chi connectivity index (χ0) is 9.84. The minimum atomic E-state index is -0.218. The first-order chi connectivity index (χ1) is 6.15. The molecule has 1 aromatic rings. The predicted octanol–water partition coefficient (Wildman–Crippen LogP) is -0.683. The van der Waals surface area contributed by atoms with Crippen molar-refractivity contribution in [3.8, 4) is 0 Å². The Hall–Kier alpha value is -1.71. The van der Waals surface area contributed by atoms with Crippen molar-refractivity contribution in [3.05, 3.63) is 26.7 Å². The molecule has 0 aliphatic rings. The van der Waals surface area contributed by atoms with E-state index in [1.165, 1.54) is 6.20 Å². The third-order valence-electron chi connectivity index (χ3n) is 1.51. The van der Waals surface area contributed by atoms with Gasteiger partial charge in [-0.2, -0.15) is 0 Å². The molecule has 13 heavy (non-hydrogen) atoms. The van der Waals surface area contributed by atoms with E-state index in [-0.39, 0.29) is 5.56 Å². The minimum Gasteiger partial charge on any atom is -0.310 e. The van der Waals surface area contributed by atoms with Crippen LogP contribution in [0.15, 0.2) is 9.79 Å². The van der Waals surface area contributed by atoms with Crippen molar-refractivity contribution in [1.82, 2.24) is 9.97 Å². The van der Waals surface area contributed by atoms with E-state index in [0.717, 1.165) is 0 Å². The van der Waals surface area contributed by atoms with Crippen LogP contribution in [0.25, 0.3) is 12.8 Å². The molecule has 0 radical (unpaired) electrons. The van der Waals surface area contributed by atoms with Gasteiger partial charge in [0.2, 0.25) is 0 Å². The Labute approximate surface area is 75.4 Å². The Morgan fingerprint density at radius 3 is 2.92 bits per heavy atom. The fraction of sp³-hybridized carbons (Fsp3) is 0.222. The molecule has 0 amide bonds. The summed E-state index contributed by atoms with van der Waals surface area (Å²) in [5, 5.41) is 0.857. The SMILES string of the molecule is C=c1c(=O)[nH]c(C)n/c1=C/N=CC. The van der Waals surface area contributed by atoms with Crippen LogP contribution in [-0.4, -0.2) is 16.2 Å².